The van der Waals surface area contributed by atoms with E-state index >= 15 is 0 Å². The monoisotopic (exact) mass is 361 g/mol. The Morgan fingerprint density at radius 2 is 1.60 bits per heavy atom. The number of sulfonamides is 1. The van der Waals surface area contributed by atoms with Crippen molar-refractivity contribution >= 4 is 27.3 Å². The molecule has 0 saturated heterocycles. The summed E-state index contributed by atoms with van der Waals surface area (Å²) in [6.45, 7) is 2.37. The summed E-state index contributed by atoms with van der Waals surface area (Å²) in [7, 11) is -3.33. The van der Waals surface area contributed by atoms with Crippen LogP contribution in [0.1, 0.15) is 35.7 Å². The van der Waals surface area contributed by atoms with Crippen LogP contribution in [0.25, 0.3) is 0 Å². The lowest BCUT2D eigenvalue weighted by Crippen LogP contribution is -2.16. The first kappa shape index (κ1) is 19.0. The fourth-order valence-electron chi connectivity index (χ4n) is 2.18. The molecule has 0 bridgehead atoms. The quantitative estimate of drug-likeness (QED) is 0.673. The number of hydrogen-bond acceptors (Lipinski definition) is 4. The predicted octanol–water partition coefficient (Wildman–Crippen LogP) is 2.94. The van der Waals surface area contributed by atoms with Crippen LogP contribution in [0.3, 0.4) is 0 Å². The van der Waals surface area contributed by atoms with Gasteiger partial charge in [0, 0.05) is 23.5 Å². The molecule has 0 spiro atoms. The molecule has 0 fully saturated rings. The maximum Gasteiger partial charge on any atom is 0.255 e. The number of carbonyl (C=O) groups is 1. The van der Waals surface area contributed by atoms with Crippen LogP contribution in [0.4, 0.5) is 11.4 Å². The average molecular weight is 361 g/mol. The number of nitrogens with two attached hydrogens (primary N) is 1. The number of anilines is 2. The Balaban J connectivity index is 1.98. The average Bonchev–Trinajstić information content (AvgIpc) is 2.61. The summed E-state index contributed by atoms with van der Waals surface area (Å²) in [5, 5.41) is 2.77. The van der Waals surface area contributed by atoms with E-state index in [2.05, 4.69) is 10.0 Å². The summed E-state index contributed by atoms with van der Waals surface area (Å²) < 4.78 is 26.3. The Kier molecular flexibility index (Phi) is 6.55. The molecule has 0 aliphatic heterocycles. The standard InChI is InChI=1S/C18H23N3O3S/c1-2-3-12-25(23,24)21-17-10-8-16(9-11-17)20-18(22)15-6-4-14(13-19)5-7-15/h4-11,21H,2-3,12-13,19H2,1H3,(H,20,22). The van der Waals surface area contributed by atoms with Gasteiger partial charge in [0.25, 0.3) is 5.91 Å². The van der Waals surface area contributed by atoms with Crippen molar-refractivity contribution in [2.75, 3.05) is 15.8 Å². The molecule has 0 aliphatic rings. The highest BCUT2D eigenvalue weighted by Crippen LogP contribution is 2.16. The summed E-state index contributed by atoms with van der Waals surface area (Å²) in [5.41, 5.74) is 8.08. The third-order valence-corrected chi connectivity index (χ3v) is 5.01. The first-order valence-electron chi connectivity index (χ1n) is 8.14. The zero-order valence-electron chi connectivity index (χ0n) is 14.2. The third kappa shape index (κ3) is 5.88. The van der Waals surface area contributed by atoms with E-state index in [0.29, 0.717) is 29.9 Å². The molecule has 25 heavy (non-hydrogen) atoms. The largest absolute Gasteiger partial charge is 0.326 e. The van der Waals surface area contributed by atoms with Crippen molar-refractivity contribution in [1.82, 2.24) is 0 Å². The minimum Gasteiger partial charge on any atom is -0.326 e. The van der Waals surface area contributed by atoms with E-state index in [0.717, 1.165) is 12.0 Å². The number of amides is 1. The van der Waals surface area contributed by atoms with Gasteiger partial charge >= 0.3 is 0 Å². The zero-order chi connectivity index (χ0) is 18.3. The molecular formula is C18H23N3O3S. The van der Waals surface area contributed by atoms with E-state index in [-0.39, 0.29) is 11.7 Å². The highest BCUT2D eigenvalue weighted by Gasteiger charge is 2.10. The molecule has 0 unspecified atom stereocenters. The number of nitrogens with one attached hydrogen (secondary N) is 2. The van der Waals surface area contributed by atoms with E-state index < -0.39 is 10.0 Å². The second kappa shape index (κ2) is 8.64. The summed E-state index contributed by atoms with van der Waals surface area (Å²) in [6, 6.07) is 13.6. The molecule has 0 aromatic heterocycles. The van der Waals surface area contributed by atoms with E-state index in [1.165, 1.54) is 0 Å². The van der Waals surface area contributed by atoms with Crippen molar-refractivity contribution in [3.8, 4) is 0 Å². The number of unbranched alkanes of at least 4 members (excludes halogenated alkanes) is 1. The second-order valence-electron chi connectivity index (χ2n) is 5.71. The van der Waals surface area contributed by atoms with Crippen LogP contribution in [0.2, 0.25) is 0 Å². The Bertz CT molecular complexity index is 800. The van der Waals surface area contributed by atoms with Gasteiger partial charge in [-0.2, -0.15) is 0 Å². The Labute approximate surface area is 148 Å². The lowest BCUT2D eigenvalue weighted by atomic mass is 10.1. The van der Waals surface area contributed by atoms with Gasteiger partial charge in [-0.1, -0.05) is 25.5 Å². The summed E-state index contributed by atoms with van der Waals surface area (Å²) in [6.07, 6.45) is 1.44. The fourth-order valence-corrected chi connectivity index (χ4v) is 3.45. The molecule has 0 heterocycles. The van der Waals surface area contributed by atoms with Gasteiger partial charge < -0.3 is 11.1 Å². The van der Waals surface area contributed by atoms with E-state index in [4.69, 9.17) is 5.73 Å². The molecule has 0 aliphatic carbocycles. The molecule has 7 heteroatoms. The van der Waals surface area contributed by atoms with Gasteiger partial charge in [-0.25, -0.2) is 8.42 Å². The fraction of sp³-hybridized carbons (Fsp3) is 0.278. The first-order valence-corrected chi connectivity index (χ1v) is 9.79. The lowest BCUT2D eigenvalue weighted by Gasteiger charge is -2.09. The van der Waals surface area contributed by atoms with E-state index in [9.17, 15) is 13.2 Å². The normalized spacial score (nSPS) is 11.1. The van der Waals surface area contributed by atoms with Crippen LogP contribution < -0.4 is 15.8 Å². The minimum atomic E-state index is -3.33. The van der Waals surface area contributed by atoms with E-state index in [1.54, 1.807) is 36.4 Å². The molecule has 1 amide bonds. The van der Waals surface area contributed by atoms with Crippen molar-refractivity contribution in [3.05, 3.63) is 59.7 Å². The molecule has 0 radical (unpaired) electrons. The Morgan fingerprint density at radius 3 is 2.16 bits per heavy atom. The van der Waals surface area contributed by atoms with Gasteiger partial charge in [0.05, 0.1) is 5.75 Å². The van der Waals surface area contributed by atoms with Crippen molar-refractivity contribution in [3.63, 3.8) is 0 Å². The maximum atomic E-state index is 12.2. The molecule has 0 saturated carbocycles. The van der Waals surface area contributed by atoms with Crippen LogP contribution in [0.15, 0.2) is 48.5 Å². The lowest BCUT2D eigenvalue weighted by molar-refractivity contribution is 0.102. The van der Waals surface area contributed by atoms with Gasteiger partial charge in [0.2, 0.25) is 10.0 Å². The van der Waals surface area contributed by atoms with Crippen molar-refractivity contribution in [2.24, 2.45) is 5.73 Å². The van der Waals surface area contributed by atoms with Crippen LogP contribution in [-0.2, 0) is 16.6 Å². The smallest absolute Gasteiger partial charge is 0.255 e. The van der Waals surface area contributed by atoms with Gasteiger partial charge in [0.15, 0.2) is 0 Å². The SMILES string of the molecule is CCCCS(=O)(=O)Nc1ccc(NC(=O)c2ccc(CN)cc2)cc1. The molecule has 2 aromatic carbocycles. The summed E-state index contributed by atoms with van der Waals surface area (Å²) >= 11 is 0. The minimum absolute atomic E-state index is 0.0980. The molecule has 4 N–H and O–H groups in total. The molecule has 0 atom stereocenters. The Hall–Kier alpha value is -2.38. The van der Waals surface area contributed by atoms with Crippen LogP contribution in [0.5, 0.6) is 0 Å². The second-order valence-corrected chi connectivity index (χ2v) is 7.55. The highest BCUT2D eigenvalue weighted by atomic mass is 32.2. The van der Waals surface area contributed by atoms with Crippen LogP contribution in [0, 0.1) is 0 Å². The van der Waals surface area contributed by atoms with Crippen LogP contribution >= 0.6 is 0 Å². The number of carbonyl (C=O) groups excluding carboxylic acids is 1. The maximum absolute atomic E-state index is 12.2. The van der Waals surface area contributed by atoms with Gasteiger partial charge in [-0.15, -0.1) is 0 Å². The van der Waals surface area contributed by atoms with Gasteiger partial charge in [-0.3, -0.25) is 9.52 Å². The molecule has 2 rings (SSSR count). The molecule has 2 aromatic rings. The number of hydrogen-bond donors (Lipinski definition) is 3. The van der Waals surface area contributed by atoms with Crippen LogP contribution in [-0.4, -0.2) is 20.1 Å². The number of benzene rings is 2. The number of rotatable bonds is 8. The predicted molar refractivity (Wildman–Crippen MR) is 101 cm³/mol. The van der Waals surface area contributed by atoms with Crippen molar-refractivity contribution in [1.29, 1.82) is 0 Å². The van der Waals surface area contributed by atoms with E-state index in [1.807, 2.05) is 19.1 Å². The van der Waals surface area contributed by atoms with Gasteiger partial charge in [0.1, 0.15) is 0 Å². The highest BCUT2D eigenvalue weighted by molar-refractivity contribution is 7.92. The zero-order valence-corrected chi connectivity index (χ0v) is 15.0. The first-order chi connectivity index (χ1) is 11.9. The third-order valence-electron chi connectivity index (χ3n) is 3.63. The molecule has 134 valence electrons. The summed E-state index contributed by atoms with van der Waals surface area (Å²) in [4.78, 5) is 12.2. The van der Waals surface area contributed by atoms with Crippen molar-refractivity contribution < 1.29 is 13.2 Å². The topological polar surface area (TPSA) is 101 Å². The molecule has 6 nitrogen and oxygen atoms in total. The Morgan fingerprint density at radius 1 is 1.00 bits per heavy atom. The van der Waals surface area contributed by atoms with Crippen molar-refractivity contribution in [2.45, 2.75) is 26.3 Å². The summed E-state index contributed by atoms with van der Waals surface area (Å²) in [5.74, 6) is -0.138. The van der Waals surface area contributed by atoms with Gasteiger partial charge in [-0.05, 0) is 48.4 Å². The molecular weight excluding hydrogens is 338 g/mol.